The maximum Gasteiger partial charge on any atom is 0.267 e. The van der Waals surface area contributed by atoms with Crippen LogP contribution in [0.25, 0.3) is 6.08 Å². The fraction of sp³-hybridized carbons (Fsp3) is 0.308. The fourth-order valence-electron chi connectivity index (χ4n) is 1.06. The van der Waals surface area contributed by atoms with Gasteiger partial charge < -0.3 is 0 Å². The molecule has 3 nitrogen and oxygen atoms in total. The van der Waals surface area contributed by atoms with Gasteiger partial charge in [0.05, 0.1) is 6.61 Å². The molecule has 0 aliphatic carbocycles. The van der Waals surface area contributed by atoms with Crippen LogP contribution in [0.4, 0.5) is 0 Å². The summed E-state index contributed by atoms with van der Waals surface area (Å²) in [4.78, 5) is 16.3. The van der Waals surface area contributed by atoms with Crippen LogP contribution in [0, 0.1) is 5.92 Å². The van der Waals surface area contributed by atoms with Gasteiger partial charge in [0, 0.05) is 10.5 Å². The molecule has 0 atom stereocenters. The molecule has 17 heavy (non-hydrogen) atoms. The summed E-state index contributed by atoms with van der Waals surface area (Å²) in [5.41, 5.74) is 3.33. The molecular weight excluding hydrogens is 282 g/mol. The van der Waals surface area contributed by atoms with Crippen LogP contribution in [0.2, 0.25) is 0 Å². The molecule has 0 spiro atoms. The Hall–Kier alpha value is -1.13. The predicted octanol–water partition coefficient (Wildman–Crippen LogP) is 3.17. The number of carbonyl (C=O) groups is 1. The van der Waals surface area contributed by atoms with Crippen molar-refractivity contribution in [2.24, 2.45) is 5.92 Å². The van der Waals surface area contributed by atoms with Gasteiger partial charge in [-0.2, -0.15) is 0 Å². The molecule has 0 aromatic heterocycles. The molecule has 1 aromatic rings. The van der Waals surface area contributed by atoms with E-state index in [2.05, 4.69) is 21.4 Å². The molecule has 0 bridgehead atoms. The zero-order chi connectivity index (χ0) is 12.7. The van der Waals surface area contributed by atoms with E-state index in [9.17, 15) is 4.79 Å². The van der Waals surface area contributed by atoms with Crippen LogP contribution in [0.3, 0.4) is 0 Å². The van der Waals surface area contributed by atoms with Crippen LogP contribution in [-0.4, -0.2) is 12.5 Å². The summed E-state index contributed by atoms with van der Waals surface area (Å²) in [6, 6.07) is 7.69. The van der Waals surface area contributed by atoms with Crippen molar-refractivity contribution in [3.63, 3.8) is 0 Å². The molecule has 92 valence electrons. The van der Waals surface area contributed by atoms with Gasteiger partial charge in [-0.3, -0.25) is 9.63 Å². The van der Waals surface area contributed by atoms with Crippen LogP contribution < -0.4 is 5.48 Å². The zero-order valence-corrected chi connectivity index (χ0v) is 11.5. The summed E-state index contributed by atoms with van der Waals surface area (Å²) in [7, 11) is 0. The zero-order valence-electron chi connectivity index (χ0n) is 9.94. The van der Waals surface area contributed by atoms with Gasteiger partial charge in [0.2, 0.25) is 0 Å². The van der Waals surface area contributed by atoms with E-state index in [0.29, 0.717) is 12.5 Å². The minimum absolute atomic E-state index is 0.256. The van der Waals surface area contributed by atoms with Crippen LogP contribution in [0.1, 0.15) is 19.4 Å². The highest BCUT2D eigenvalue weighted by Gasteiger charge is 1.97. The van der Waals surface area contributed by atoms with Crippen LogP contribution in [-0.2, 0) is 9.63 Å². The molecule has 0 heterocycles. The Morgan fingerprint density at radius 2 is 2.06 bits per heavy atom. The second-order valence-electron chi connectivity index (χ2n) is 4.06. The van der Waals surface area contributed by atoms with Crippen molar-refractivity contribution in [3.05, 3.63) is 40.4 Å². The average Bonchev–Trinajstić information content (AvgIpc) is 2.28. The molecule has 1 amide bonds. The van der Waals surface area contributed by atoms with Gasteiger partial charge in [0.1, 0.15) is 0 Å². The van der Waals surface area contributed by atoms with E-state index in [1.165, 1.54) is 6.08 Å². The lowest BCUT2D eigenvalue weighted by Crippen LogP contribution is -2.23. The Morgan fingerprint density at radius 3 is 2.65 bits per heavy atom. The summed E-state index contributed by atoms with van der Waals surface area (Å²) in [5.74, 6) is 0.138. The number of rotatable bonds is 5. The van der Waals surface area contributed by atoms with E-state index in [4.69, 9.17) is 4.84 Å². The topological polar surface area (TPSA) is 38.3 Å². The van der Waals surface area contributed by atoms with E-state index in [1.807, 2.05) is 38.1 Å². The van der Waals surface area contributed by atoms with Crippen molar-refractivity contribution in [2.75, 3.05) is 6.61 Å². The third-order valence-electron chi connectivity index (χ3n) is 1.89. The van der Waals surface area contributed by atoms with Gasteiger partial charge >= 0.3 is 0 Å². The highest BCUT2D eigenvalue weighted by molar-refractivity contribution is 9.10. The van der Waals surface area contributed by atoms with Crippen molar-refractivity contribution < 1.29 is 9.63 Å². The number of carbonyl (C=O) groups excluding carboxylic acids is 1. The summed E-state index contributed by atoms with van der Waals surface area (Å²) in [6.07, 6.45) is 3.18. The van der Waals surface area contributed by atoms with Gasteiger partial charge in [0.15, 0.2) is 0 Å². The standard InChI is InChI=1S/C13H16BrNO2/c1-10(2)9-17-15-13(16)8-5-11-3-6-12(14)7-4-11/h3-8,10H,9H2,1-2H3,(H,15,16)/b8-5+. The monoisotopic (exact) mass is 297 g/mol. The van der Waals surface area contributed by atoms with Gasteiger partial charge in [-0.25, -0.2) is 5.48 Å². The van der Waals surface area contributed by atoms with Crippen molar-refractivity contribution in [1.82, 2.24) is 5.48 Å². The second-order valence-corrected chi connectivity index (χ2v) is 4.97. The predicted molar refractivity (Wildman–Crippen MR) is 72.1 cm³/mol. The Labute approximate surface area is 110 Å². The number of nitrogens with one attached hydrogen (secondary N) is 1. The van der Waals surface area contributed by atoms with Crippen LogP contribution in [0.15, 0.2) is 34.8 Å². The van der Waals surface area contributed by atoms with E-state index < -0.39 is 0 Å². The van der Waals surface area contributed by atoms with Crippen LogP contribution in [0.5, 0.6) is 0 Å². The minimum Gasteiger partial charge on any atom is -0.273 e. The third-order valence-corrected chi connectivity index (χ3v) is 2.42. The first-order valence-corrected chi connectivity index (χ1v) is 6.22. The molecule has 0 aliphatic rings. The van der Waals surface area contributed by atoms with Crippen molar-refractivity contribution in [2.45, 2.75) is 13.8 Å². The van der Waals surface area contributed by atoms with Gasteiger partial charge in [0.25, 0.3) is 5.91 Å². The Balaban J connectivity index is 2.37. The smallest absolute Gasteiger partial charge is 0.267 e. The van der Waals surface area contributed by atoms with Crippen molar-refractivity contribution >= 4 is 27.9 Å². The average molecular weight is 298 g/mol. The molecule has 1 aromatic carbocycles. The Morgan fingerprint density at radius 1 is 1.41 bits per heavy atom. The molecule has 4 heteroatoms. The number of amides is 1. The summed E-state index contributed by atoms with van der Waals surface area (Å²) < 4.78 is 1.01. The van der Waals surface area contributed by atoms with E-state index in [-0.39, 0.29) is 5.91 Å². The van der Waals surface area contributed by atoms with Gasteiger partial charge in [-0.15, -0.1) is 0 Å². The van der Waals surface area contributed by atoms with Crippen molar-refractivity contribution in [1.29, 1.82) is 0 Å². The molecule has 0 fully saturated rings. The number of hydroxylamine groups is 1. The molecule has 1 N–H and O–H groups in total. The second kappa shape index (κ2) is 7.25. The molecule has 0 saturated heterocycles. The minimum atomic E-state index is -0.256. The molecule has 1 rings (SSSR count). The summed E-state index contributed by atoms with van der Waals surface area (Å²) >= 11 is 3.35. The summed E-state index contributed by atoms with van der Waals surface area (Å²) in [6.45, 7) is 4.55. The molecule has 0 radical (unpaired) electrons. The normalized spacial score (nSPS) is 11.1. The molecule has 0 aliphatic heterocycles. The Kier molecular flexibility index (Phi) is 5.94. The first-order chi connectivity index (χ1) is 8.08. The first-order valence-electron chi connectivity index (χ1n) is 5.43. The Bertz CT molecular complexity index is 385. The first kappa shape index (κ1) is 13.9. The molecule has 0 saturated carbocycles. The number of hydrogen-bond donors (Lipinski definition) is 1. The molecule has 0 unspecified atom stereocenters. The third kappa shape index (κ3) is 6.24. The number of benzene rings is 1. The fourth-order valence-corrected chi connectivity index (χ4v) is 1.32. The number of hydrogen-bond acceptors (Lipinski definition) is 2. The molecular formula is C13H16BrNO2. The van der Waals surface area contributed by atoms with Gasteiger partial charge in [-0.1, -0.05) is 41.9 Å². The largest absolute Gasteiger partial charge is 0.273 e. The van der Waals surface area contributed by atoms with E-state index >= 15 is 0 Å². The highest BCUT2D eigenvalue weighted by atomic mass is 79.9. The lowest BCUT2D eigenvalue weighted by Gasteiger charge is -2.05. The number of halogens is 1. The van der Waals surface area contributed by atoms with Crippen LogP contribution >= 0.6 is 15.9 Å². The van der Waals surface area contributed by atoms with Gasteiger partial charge in [-0.05, 0) is 29.7 Å². The quantitative estimate of drug-likeness (QED) is 0.670. The summed E-state index contributed by atoms with van der Waals surface area (Å²) in [5, 5.41) is 0. The van der Waals surface area contributed by atoms with Crippen molar-refractivity contribution in [3.8, 4) is 0 Å². The maximum absolute atomic E-state index is 11.3. The van der Waals surface area contributed by atoms with E-state index in [1.54, 1.807) is 6.08 Å². The lowest BCUT2D eigenvalue weighted by atomic mass is 10.2. The maximum atomic E-state index is 11.3. The van der Waals surface area contributed by atoms with E-state index in [0.717, 1.165) is 10.0 Å². The SMILES string of the molecule is CC(C)CONC(=O)/C=C/c1ccc(Br)cc1. The highest BCUT2D eigenvalue weighted by Crippen LogP contribution is 2.11. The lowest BCUT2D eigenvalue weighted by molar-refractivity contribution is -0.129.